The Labute approximate surface area is 82.3 Å². The molecule has 1 heteroatoms. The van der Waals surface area contributed by atoms with E-state index in [4.69, 9.17) is 0 Å². The van der Waals surface area contributed by atoms with Crippen molar-refractivity contribution in [2.24, 2.45) is 11.3 Å². The molecule has 1 unspecified atom stereocenters. The first-order valence-corrected chi connectivity index (χ1v) is 6.02. The second kappa shape index (κ2) is 4.00. The molecule has 0 spiro atoms. The van der Waals surface area contributed by atoms with Crippen molar-refractivity contribution in [1.82, 2.24) is 5.32 Å². The number of hydrogen-bond acceptors (Lipinski definition) is 1. The van der Waals surface area contributed by atoms with Crippen LogP contribution < -0.4 is 5.32 Å². The molecule has 1 aliphatic carbocycles. The zero-order valence-electron chi connectivity index (χ0n) is 8.94. The Morgan fingerprint density at radius 1 is 1.08 bits per heavy atom. The molecule has 0 radical (unpaired) electrons. The summed E-state index contributed by atoms with van der Waals surface area (Å²) < 4.78 is 0. The molecule has 1 heterocycles. The topological polar surface area (TPSA) is 12.0 Å². The molecule has 0 bridgehead atoms. The van der Waals surface area contributed by atoms with Crippen molar-refractivity contribution in [3.63, 3.8) is 0 Å². The predicted octanol–water partition coefficient (Wildman–Crippen LogP) is 2.96. The molecule has 1 N–H and O–H groups in total. The van der Waals surface area contributed by atoms with Gasteiger partial charge in [0.2, 0.25) is 0 Å². The van der Waals surface area contributed by atoms with Gasteiger partial charge in [0, 0.05) is 0 Å². The van der Waals surface area contributed by atoms with E-state index >= 15 is 0 Å². The average molecular weight is 181 g/mol. The van der Waals surface area contributed by atoms with Crippen LogP contribution in [0.3, 0.4) is 0 Å². The van der Waals surface area contributed by atoms with Gasteiger partial charge in [0.15, 0.2) is 0 Å². The highest BCUT2D eigenvalue weighted by atomic mass is 14.9. The van der Waals surface area contributed by atoms with E-state index in [9.17, 15) is 0 Å². The summed E-state index contributed by atoms with van der Waals surface area (Å²) in [5.41, 5.74) is 0.686. The third-order valence-corrected chi connectivity index (χ3v) is 4.28. The van der Waals surface area contributed by atoms with Crippen LogP contribution in [-0.2, 0) is 0 Å². The molecular formula is C12H23N. The van der Waals surface area contributed by atoms with Gasteiger partial charge in [0.05, 0.1) is 0 Å². The van der Waals surface area contributed by atoms with Crippen molar-refractivity contribution >= 4 is 0 Å². The maximum absolute atomic E-state index is 3.56. The highest BCUT2D eigenvalue weighted by Gasteiger charge is 2.35. The Hall–Kier alpha value is -0.0400. The van der Waals surface area contributed by atoms with Gasteiger partial charge in [-0.1, -0.05) is 26.2 Å². The lowest BCUT2D eigenvalue weighted by Gasteiger charge is -2.43. The minimum absolute atomic E-state index is 0.686. The summed E-state index contributed by atoms with van der Waals surface area (Å²) in [7, 11) is 0. The van der Waals surface area contributed by atoms with E-state index in [2.05, 4.69) is 12.2 Å². The fraction of sp³-hybridized carbons (Fsp3) is 1.00. The first-order chi connectivity index (χ1) is 6.31. The molecule has 2 fully saturated rings. The Bertz CT molecular complexity index is 153. The summed E-state index contributed by atoms with van der Waals surface area (Å²) in [4.78, 5) is 0. The number of piperidine rings is 1. The first kappa shape index (κ1) is 9.51. The fourth-order valence-corrected chi connectivity index (χ4v) is 3.21. The van der Waals surface area contributed by atoms with Crippen molar-refractivity contribution in [2.75, 3.05) is 13.1 Å². The van der Waals surface area contributed by atoms with E-state index in [1.807, 2.05) is 0 Å². The fourth-order valence-electron chi connectivity index (χ4n) is 3.21. The molecule has 76 valence electrons. The van der Waals surface area contributed by atoms with E-state index in [0.717, 1.165) is 5.92 Å². The molecule has 0 aromatic carbocycles. The van der Waals surface area contributed by atoms with E-state index in [1.165, 1.54) is 58.0 Å². The number of rotatable bonds is 1. The second-order valence-electron chi connectivity index (χ2n) is 5.26. The van der Waals surface area contributed by atoms with Crippen molar-refractivity contribution in [3.8, 4) is 0 Å². The summed E-state index contributed by atoms with van der Waals surface area (Å²) in [5.74, 6) is 0.974. The van der Waals surface area contributed by atoms with E-state index in [0.29, 0.717) is 5.41 Å². The monoisotopic (exact) mass is 181 g/mol. The molecule has 2 rings (SSSR count). The van der Waals surface area contributed by atoms with Crippen LogP contribution in [0.5, 0.6) is 0 Å². The summed E-state index contributed by atoms with van der Waals surface area (Å²) >= 11 is 0. The normalized spacial score (nSPS) is 34.4. The van der Waals surface area contributed by atoms with Crippen molar-refractivity contribution < 1.29 is 0 Å². The Kier molecular flexibility index (Phi) is 2.92. The Balaban J connectivity index is 1.94. The molecular weight excluding hydrogens is 158 g/mol. The van der Waals surface area contributed by atoms with Crippen LogP contribution >= 0.6 is 0 Å². The maximum Gasteiger partial charge on any atom is -0.00153 e. The molecule has 1 saturated carbocycles. The largest absolute Gasteiger partial charge is 0.316 e. The van der Waals surface area contributed by atoms with E-state index in [1.54, 1.807) is 0 Å². The SMILES string of the molecule is CC1(C2CCCNC2)CCCCC1. The molecule has 13 heavy (non-hydrogen) atoms. The molecule has 1 nitrogen and oxygen atoms in total. The summed E-state index contributed by atoms with van der Waals surface area (Å²) in [6.45, 7) is 5.08. The van der Waals surface area contributed by atoms with E-state index < -0.39 is 0 Å². The van der Waals surface area contributed by atoms with Crippen LogP contribution in [0, 0.1) is 11.3 Å². The summed E-state index contributed by atoms with van der Waals surface area (Å²) in [6.07, 6.45) is 10.3. The first-order valence-electron chi connectivity index (χ1n) is 6.02. The van der Waals surface area contributed by atoms with Crippen molar-refractivity contribution in [3.05, 3.63) is 0 Å². The zero-order valence-corrected chi connectivity index (χ0v) is 8.94. The molecule has 0 amide bonds. The number of hydrogen-bond donors (Lipinski definition) is 1. The van der Waals surface area contributed by atoms with Gasteiger partial charge in [0.25, 0.3) is 0 Å². The highest BCUT2D eigenvalue weighted by Crippen LogP contribution is 2.44. The second-order valence-corrected chi connectivity index (χ2v) is 5.26. The van der Waals surface area contributed by atoms with Gasteiger partial charge in [-0.05, 0) is 50.1 Å². The van der Waals surface area contributed by atoms with Crippen molar-refractivity contribution in [2.45, 2.75) is 51.9 Å². The zero-order chi connectivity index (χ0) is 9.15. The molecule has 2 aliphatic rings. The van der Waals surface area contributed by atoms with Gasteiger partial charge in [-0.25, -0.2) is 0 Å². The lowest BCUT2D eigenvalue weighted by molar-refractivity contribution is 0.0968. The van der Waals surface area contributed by atoms with Crippen molar-refractivity contribution in [1.29, 1.82) is 0 Å². The third kappa shape index (κ3) is 2.07. The smallest absolute Gasteiger partial charge is 0.00153 e. The highest BCUT2D eigenvalue weighted by molar-refractivity contribution is 4.88. The van der Waals surface area contributed by atoms with Gasteiger partial charge in [-0.2, -0.15) is 0 Å². The lowest BCUT2D eigenvalue weighted by atomic mass is 9.65. The minimum Gasteiger partial charge on any atom is -0.316 e. The van der Waals surface area contributed by atoms with Gasteiger partial charge in [-0.3, -0.25) is 0 Å². The lowest BCUT2D eigenvalue weighted by Crippen LogP contribution is -2.40. The Morgan fingerprint density at radius 3 is 2.46 bits per heavy atom. The maximum atomic E-state index is 3.56. The van der Waals surface area contributed by atoms with E-state index in [-0.39, 0.29) is 0 Å². The molecule has 1 aliphatic heterocycles. The molecule has 1 atom stereocenters. The average Bonchev–Trinajstić information content (AvgIpc) is 2.20. The van der Waals surface area contributed by atoms with Gasteiger partial charge in [-0.15, -0.1) is 0 Å². The predicted molar refractivity (Wildman–Crippen MR) is 56.8 cm³/mol. The minimum atomic E-state index is 0.686. The van der Waals surface area contributed by atoms with Crippen LogP contribution in [0.4, 0.5) is 0 Å². The van der Waals surface area contributed by atoms with Gasteiger partial charge in [0.1, 0.15) is 0 Å². The summed E-state index contributed by atoms with van der Waals surface area (Å²) in [6, 6.07) is 0. The van der Waals surface area contributed by atoms with Gasteiger partial charge >= 0.3 is 0 Å². The van der Waals surface area contributed by atoms with Crippen LogP contribution in [0.25, 0.3) is 0 Å². The van der Waals surface area contributed by atoms with Crippen LogP contribution in [-0.4, -0.2) is 13.1 Å². The number of nitrogens with one attached hydrogen (secondary N) is 1. The Morgan fingerprint density at radius 2 is 1.85 bits per heavy atom. The van der Waals surface area contributed by atoms with Crippen LogP contribution in [0.2, 0.25) is 0 Å². The van der Waals surface area contributed by atoms with Crippen LogP contribution in [0.1, 0.15) is 51.9 Å². The van der Waals surface area contributed by atoms with Crippen LogP contribution in [0.15, 0.2) is 0 Å². The third-order valence-electron chi connectivity index (χ3n) is 4.28. The quantitative estimate of drug-likeness (QED) is 0.656. The summed E-state index contributed by atoms with van der Waals surface area (Å²) in [5, 5.41) is 3.56. The molecule has 0 aromatic rings. The molecule has 0 aromatic heterocycles. The van der Waals surface area contributed by atoms with Gasteiger partial charge < -0.3 is 5.32 Å². The standard InChI is InChI=1S/C12H23N/c1-12(7-3-2-4-8-12)11-6-5-9-13-10-11/h11,13H,2-10H2,1H3. The molecule has 1 saturated heterocycles.